The smallest absolute Gasteiger partial charge is 0.410 e. The molecular weight excluding hydrogens is 484 g/mol. The van der Waals surface area contributed by atoms with Gasteiger partial charge in [0.15, 0.2) is 11.6 Å². The summed E-state index contributed by atoms with van der Waals surface area (Å²) in [5, 5.41) is 20.4. The van der Waals surface area contributed by atoms with Gasteiger partial charge in [-0.3, -0.25) is 9.88 Å². The molecule has 2 aromatic carbocycles. The number of hydrogen-bond acceptors (Lipinski definition) is 6. The highest BCUT2D eigenvalue weighted by atomic mass is 19.2. The van der Waals surface area contributed by atoms with Crippen LogP contribution >= 0.6 is 0 Å². The number of benzene rings is 2. The maximum Gasteiger partial charge on any atom is 0.410 e. The van der Waals surface area contributed by atoms with Gasteiger partial charge in [0.1, 0.15) is 0 Å². The van der Waals surface area contributed by atoms with Gasteiger partial charge in [-0.15, -0.1) is 0 Å². The fourth-order valence-corrected chi connectivity index (χ4v) is 4.80. The van der Waals surface area contributed by atoms with Gasteiger partial charge in [0.2, 0.25) is 0 Å². The quantitative estimate of drug-likeness (QED) is 0.487. The molecule has 0 spiro atoms. The molecule has 1 fully saturated rings. The minimum atomic E-state index is -1.24. The van der Waals surface area contributed by atoms with Crippen molar-refractivity contribution in [3.05, 3.63) is 83.6 Å². The van der Waals surface area contributed by atoms with Crippen molar-refractivity contribution in [1.29, 1.82) is 0 Å². The zero-order chi connectivity index (χ0) is 26.5. The zero-order valence-corrected chi connectivity index (χ0v) is 20.2. The molecule has 4 rings (SSSR count). The molecule has 0 saturated carbocycles. The van der Waals surface area contributed by atoms with E-state index in [2.05, 4.69) is 4.98 Å². The van der Waals surface area contributed by atoms with Crippen LogP contribution in [0, 0.1) is 11.6 Å². The van der Waals surface area contributed by atoms with E-state index in [-0.39, 0.29) is 35.7 Å². The Labute approximate surface area is 212 Å². The van der Waals surface area contributed by atoms with Crippen LogP contribution in [0.25, 0.3) is 11.3 Å². The predicted octanol–water partition coefficient (Wildman–Crippen LogP) is 4.32. The Kier molecular flexibility index (Phi) is 7.98. The van der Waals surface area contributed by atoms with E-state index in [0.29, 0.717) is 19.4 Å². The molecule has 1 amide bonds. The minimum absolute atomic E-state index is 0.110. The number of aromatic nitrogens is 1. The number of amides is 1. The lowest BCUT2D eigenvalue weighted by molar-refractivity contribution is 0.0683. The standard InChI is InChI=1S/C27H27F2N3O5/c1-37-27(36)32(15-17-6-3-2-4-7-17)23-8-5-11-31(25(23)16-33)24-14-30-22(13-19(24)26(34)35)18-9-10-20(28)21(29)12-18/h2-4,6-7,9-10,12-14,23,25,33H,5,8,11,15-16H2,1H3,(H,34,35). The summed E-state index contributed by atoms with van der Waals surface area (Å²) < 4.78 is 32.2. The number of methoxy groups -OCH3 is 1. The third-order valence-corrected chi connectivity index (χ3v) is 6.57. The summed E-state index contributed by atoms with van der Waals surface area (Å²) >= 11 is 0. The summed E-state index contributed by atoms with van der Waals surface area (Å²) in [7, 11) is 1.29. The van der Waals surface area contributed by atoms with Crippen molar-refractivity contribution >= 4 is 17.7 Å². The first-order chi connectivity index (χ1) is 17.8. The highest BCUT2D eigenvalue weighted by Crippen LogP contribution is 2.33. The lowest BCUT2D eigenvalue weighted by Crippen LogP contribution is -2.58. The predicted molar refractivity (Wildman–Crippen MR) is 132 cm³/mol. The Morgan fingerprint density at radius 3 is 2.54 bits per heavy atom. The molecular formula is C27H27F2N3O5. The molecule has 37 heavy (non-hydrogen) atoms. The van der Waals surface area contributed by atoms with E-state index in [9.17, 15) is 28.6 Å². The molecule has 0 radical (unpaired) electrons. The Morgan fingerprint density at radius 2 is 1.89 bits per heavy atom. The van der Waals surface area contributed by atoms with Crippen molar-refractivity contribution in [2.24, 2.45) is 0 Å². The van der Waals surface area contributed by atoms with E-state index in [4.69, 9.17) is 4.74 Å². The summed E-state index contributed by atoms with van der Waals surface area (Å²) in [4.78, 5) is 32.6. The molecule has 8 nitrogen and oxygen atoms in total. The second kappa shape index (κ2) is 11.3. The van der Waals surface area contributed by atoms with Crippen LogP contribution in [0.1, 0.15) is 28.8 Å². The molecule has 3 aromatic rings. The number of carboxylic acids is 1. The molecule has 2 N–H and O–H groups in total. The van der Waals surface area contributed by atoms with Gasteiger partial charge >= 0.3 is 12.1 Å². The van der Waals surface area contributed by atoms with Crippen LogP contribution < -0.4 is 4.90 Å². The Hall–Kier alpha value is -4.05. The van der Waals surface area contributed by atoms with Crippen molar-refractivity contribution in [1.82, 2.24) is 9.88 Å². The fraction of sp³-hybridized carbons (Fsp3) is 0.296. The fourth-order valence-electron chi connectivity index (χ4n) is 4.80. The molecule has 194 valence electrons. The second-order valence-electron chi connectivity index (χ2n) is 8.76. The maximum absolute atomic E-state index is 13.8. The van der Waals surface area contributed by atoms with Gasteiger partial charge in [0.05, 0.1) is 48.9 Å². The molecule has 2 heterocycles. The van der Waals surface area contributed by atoms with Crippen LogP contribution in [0.2, 0.25) is 0 Å². The lowest BCUT2D eigenvalue weighted by atomic mass is 9.93. The topological polar surface area (TPSA) is 103 Å². The van der Waals surface area contributed by atoms with Gasteiger partial charge in [-0.1, -0.05) is 30.3 Å². The van der Waals surface area contributed by atoms with E-state index in [1.165, 1.54) is 25.4 Å². The molecule has 1 aliphatic rings. The summed E-state index contributed by atoms with van der Waals surface area (Å²) in [6.07, 6.45) is 1.99. The molecule has 0 aliphatic carbocycles. The highest BCUT2D eigenvalue weighted by molar-refractivity contribution is 5.95. The van der Waals surface area contributed by atoms with Gasteiger partial charge in [0, 0.05) is 18.7 Å². The number of aromatic carboxylic acids is 1. The highest BCUT2D eigenvalue weighted by Gasteiger charge is 2.39. The number of carbonyl (C=O) groups excluding carboxylic acids is 1. The third kappa shape index (κ3) is 5.54. The number of aliphatic hydroxyl groups is 1. The monoisotopic (exact) mass is 511 g/mol. The van der Waals surface area contributed by atoms with Gasteiger partial charge in [0.25, 0.3) is 0 Å². The van der Waals surface area contributed by atoms with Crippen molar-refractivity contribution < 1.29 is 33.3 Å². The first-order valence-corrected chi connectivity index (χ1v) is 11.8. The molecule has 10 heteroatoms. The number of halogens is 2. The van der Waals surface area contributed by atoms with Gasteiger partial charge < -0.3 is 19.8 Å². The second-order valence-corrected chi connectivity index (χ2v) is 8.76. The summed E-state index contributed by atoms with van der Waals surface area (Å²) in [6.45, 7) is 0.327. The number of ether oxygens (including phenoxy) is 1. The first-order valence-electron chi connectivity index (χ1n) is 11.8. The number of nitrogens with zero attached hydrogens (tertiary/aromatic N) is 3. The molecule has 2 atom stereocenters. The molecule has 2 unspecified atom stereocenters. The van der Waals surface area contributed by atoms with Crippen LogP contribution in [-0.2, 0) is 11.3 Å². The number of aliphatic hydroxyl groups excluding tert-OH is 1. The van der Waals surface area contributed by atoms with E-state index >= 15 is 0 Å². The molecule has 1 saturated heterocycles. The van der Waals surface area contributed by atoms with E-state index < -0.39 is 35.8 Å². The van der Waals surface area contributed by atoms with Crippen LogP contribution in [0.3, 0.4) is 0 Å². The van der Waals surface area contributed by atoms with Crippen LogP contribution in [0.4, 0.5) is 19.3 Å². The van der Waals surface area contributed by atoms with Crippen molar-refractivity contribution in [2.45, 2.75) is 31.5 Å². The summed E-state index contributed by atoms with van der Waals surface area (Å²) in [5.41, 5.74) is 1.41. The normalized spacial score (nSPS) is 17.4. The van der Waals surface area contributed by atoms with Crippen molar-refractivity contribution in [2.75, 3.05) is 25.2 Å². The van der Waals surface area contributed by atoms with Crippen LogP contribution in [0.15, 0.2) is 60.8 Å². The zero-order valence-electron chi connectivity index (χ0n) is 20.2. The number of hydrogen-bond donors (Lipinski definition) is 2. The van der Waals surface area contributed by atoms with Crippen molar-refractivity contribution in [3.63, 3.8) is 0 Å². The summed E-state index contributed by atoms with van der Waals surface area (Å²) in [5.74, 6) is -3.33. The average Bonchev–Trinajstić information content (AvgIpc) is 2.92. The van der Waals surface area contributed by atoms with Crippen molar-refractivity contribution in [3.8, 4) is 11.3 Å². The van der Waals surface area contributed by atoms with Gasteiger partial charge in [-0.2, -0.15) is 0 Å². The third-order valence-electron chi connectivity index (χ3n) is 6.57. The number of pyridine rings is 1. The number of anilines is 1. The Balaban J connectivity index is 1.70. The van der Waals surface area contributed by atoms with E-state index in [0.717, 1.165) is 17.7 Å². The summed E-state index contributed by atoms with van der Waals surface area (Å²) in [6, 6.07) is 12.8. The van der Waals surface area contributed by atoms with Gasteiger partial charge in [-0.25, -0.2) is 18.4 Å². The molecule has 1 aliphatic heterocycles. The van der Waals surface area contributed by atoms with Crippen LogP contribution in [0.5, 0.6) is 0 Å². The lowest BCUT2D eigenvalue weighted by Gasteiger charge is -2.46. The Morgan fingerprint density at radius 1 is 1.14 bits per heavy atom. The number of piperidine rings is 1. The minimum Gasteiger partial charge on any atom is -0.478 e. The average molecular weight is 512 g/mol. The number of carbonyl (C=O) groups is 2. The van der Waals surface area contributed by atoms with Crippen LogP contribution in [-0.4, -0.2) is 64.5 Å². The Bertz CT molecular complexity index is 1270. The van der Waals surface area contributed by atoms with Gasteiger partial charge in [-0.05, 0) is 42.7 Å². The maximum atomic E-state index is 13.8. The molecule has 0 bridgehead atoms. The van der Waals surface area contributed by atoms with E-state index in [1.807, 2.05) is 30.3 Å². The number of rotatable bonds is 7. The largest absolute Gasteiger partial charge is 0.478 e. The molecule has 1 aromatic heterocycles. The van der Waals surface area contributed by atoms with E-state index in [1.54, 1.807) is 9.80 Å². The SMILES string of the molecule is COC(=O)N(Cc1ccccc1)C1CCCN(c2cnc(-c3ccc(F)c(F)c3)cc2C(=O)O)C1CO. The first kappa shape index (κ1) is 26.0. The number of carboxylic acid groups (broad SMARTS) is 1.